The molecule has 5 aromatic carbocycles. The number of likely N-dealkylation sites (N-methyl/N-ethyl adjacent to an activating group) is 5. The fraction of sp³-hybridized carbons (Fsp3) is 0.692. The summed E-state index contributed by atoms with van der Waals surface area (Å²) in [5, 5.41) is 62.1. The van der Waals surface area contributed by atoms with Gasteiger partial charge in [0.05, 0.1) is 4.90 Å². The van der Waals surface area contributed by atoms with Crippen LogP contribution in [0.1, 0.15) is 31.7 Å². The summed E-state index contributed by atoms with van der Waals surface area (Å²) in [7, 11) is 9.09. The van der Waals surface area contributed by atoms with Gasteiger partial charge in [-0.2, -0.15) is 91.6 Å². The van der Waals surface area contributed by atoms with Crippen LogP contribution in [0.15, 0.2) is 95.9 Å². The molecular formula is C78H136Cu7N22O2S-8. The molecule has 5 aromatic rings. The molecule has 7 aliphatic rings. The second-order valence-corrected chi connectivity index (χ2v) is 29.5. The molecule has 7 fully saturated rings. The van der Waals surface area contributed by atoms with Crippen molar-refractivity contribution in [1.29, 1.82) is 0 Å². The normalized spacial score (nSPS) is 19.9. The second kappa shape index (κ2) is 71.4. The molecule has 0 atom stereocenters. The minimum atomic E-state index is -3.59. The average molecular weight is 1890 g/mol. The van der Waals surface area contributed by atoms with Crippen molar-refractivity contribution in [3.05, 3.63) is 139 Å². The summed E-state index contributed by atoms with van der Waals surface area (Å²) in [6.07, 6.45) is 3.41. The Balaban J connectivity index is 0. The maximum Gasteiger partial charge on any atom is 0.243 e. The quantitative estimate of drug-likeness (QED) is 0.0714. The van der Waals surface area contributed by atoms with Gasteiger partial charge in [0.2, 0.25) is 10.0 Å². The van der Waals surface area contributed by atoms with Crippen LogP contribution in [0, 0.1) is 0 Å². The van der Waals surface area contributed by atoms with Gasteiger partial charge in [-0.3, -0.25) is 4.90 Å². The van der Waals surface area contributed by atoms with Crippen LogP contribution in [0.2, 0.25) is 0 Å². The van der Waals surface area contributed by atoms with Crippen molar-refractivity contribution in [3.63, 3.8) is 0 Å². The molecule has 661 valence electrons. The van der Waals surface area contributed by atoms with E-state index in [1.165, 1.54) is 103 Å². The van der Waals surface area contributed by atoms with Crippen molar-refractivity contribution in [2.24, 2.45) is 0 Å². The van der Waals surface area contributed by atoms with Gasteiger partial charge in [-0.05, 0) is 93.1 Å². The molecule has 0 aliphatic carbocycles. The first-order valence-corrected chi connectivity index (χ1v) is 40.5. The largest absolute Gasteiger partial charge is 0.665 e. The van der Waals surface area contributed by atoms with Crippen molar-refractivity contribution in [2.45, 2.75) is 37.6 Å². The van der Waals surface area contributed by atoms with Gasteiger partial charge in [-0.15, -0.1) is 13.1 Å². The third-order valence-electron chi connectivity index (χ3n) is 19.0. The molecule has 7 heterocycles. The van der Waals surface area contributed by atoms with Gasteiger partial charge < -0.3 is 104 Å². The topological polar surface area (TPSA) is 245 Å². The van der Waals surface area contributed by atoms with E-state index in [0.29, 0.717) is 44.2 Å². The molecule has 0 spiro atoms. The van der Waals surface area contributed by atoms with Crippen LogP contribution in [0.3, 0.4) is 0 Å². The van der Waals surface area contributed by atoms with Crippen LogP contribution >= 0.6 is 0 Å². The minimum Gasteiger partial charge on any atom is -0.665 e. The zero-order valence-corrected chi connectivity index (χ0v) is 74.3. The third kappa shape index (κ3) is 47.9. The van der Waals surface area contributed by atoms with E-state index in [4.69, 9.17) is 0 Å². The predicted molar refractivity (Wildman–Crippen MR) is 442 cm³/mol. The van der Waals surface area contributed by atoms with E-state index in [2.05, 4.69) is 194 Å². The molecule has 12 rings (SSSR count). The number of nitrogens with zero attached hydrogens (tertiary/aromatic N) is 16. The van der Waals surface area contributed by atoms with Crippen molar-refractivity contribution in [1.82, 2.24) is 65.6 Å². The van der Waals surface area contributed by atoms with Gasteiger partial charge in [0.1, 0.15) is 0 Å². The summed E-state index contributed by atoms with van der Waals surface area (Å²) in [6.45, 7) is 46.2. The molecule has 0 aromatic heterocycles. The van der Waals surface area contributed by atoms with Gasteiger partial charge in [-0.1, -0.05) is 99.0 Å². The van der Waals surface area contributed by atoms with Crippen molar-refractivity contribution >= 4 is 48.0 Å². The number of fused-ring (bicyclic) bond motifs is 3. The average Bonchev–Trinajstić information content (AvgIpc) is 0.811. The number of anilines is 1. The Kier molecular flexibility index (Phi) is 72.3. The Labute approximate surface area is 740 Å². The summed E-state index contributed by atoms with van der Waals surface area (Å²) in [6, 6.07) is 31.1. The van der Waals surface area contributed by atoms with Crippen molar-refractivity contribution in [2.75, 3.05) is 329 Å². The zero-order valence-electron chi connectivity index (χ0n) is 66.9. The van der Waals surface area contributed by atoms with Gasteiger partial charge >= 0.3 is 0 Å². The van der Waals surface area contributed by atoms with E-state index in [0.717, 1.165) is 212 Å². The smallest absolute Gasteiger partial charge is 0.243 e. The van der Waals surface area contributed by atoms with E-state index in [9.17, 15) is 8.42 Å². The Morgan fingerprint density at radius 3 is 1.02 bits per heavy atom. The van der Waals surface area contributed by atoms with E-state index >= 15 is 0 Å². The Morgan fingerprint density at radius 2 is 0.645 bits per heavy atom. The molecule has 7 aliphatic heterocycles. The van der Waals surface area contributed by atoms with E-state index in [-0.39, 0.29) is 119 Å². The minimum absolute atomic E-state index is 0. The third-order valence-corrected chi connectivity index (χ3v) is 21.0. The van der Waals surface area contributed by atoms with Crippen LogP contribution in [0.25, 0.3) is 74.9 Å². The summed E-state index contributed by atoms with van der Waals surface area (Å²) in [5.74, 6) is 0. The molecule has 7 saturated heterocycles. The summed E-state index contributed by atoms with van der Waals surface area (Å²) in [5.41, 5.74) is 2.46. The first kappa shape index (κ1) is 111. The van der Waals surface area contributed by atoms with Gasteiger partial charge in [0.25, 0.3) is 0 Å². The molecule has 110 heavy (non-hydrogen) atoms. The van der Waals surface area contributed by atoms with E-state index in [1.807, 2.05) is 49.3 Å². The standard InChI is InChI=1S/C21H25N3.C18H24N4O2S.C9H21N3.C9H18N3.C8H19N3.C7H17N3.C6H12N3.7Cu/c1-3-7-19-17(5-1)15-18-6-2-4-8-20(18)21(19)16-24-13-11-22-9-10-23-12-14-24;1-21(2)17-7-3-6-16-15(17)5-4-8-18(16)25(23,24)22-13-11-19-9-10-20-12-14-22;1-10-4-6-11(2)8-9-12(3)7-5-10;1-4-10-6-2-8-12-9-3-7-11-5-1;1-2-11-7-5-9-3-4-10-6-8-11;1-10-6-4-8-2-3-9-5-7-10;1-2-8-5-6-9-4-3-7-1;;;;;;;/h1-8,15,22-23H,9-14,16H2;3-8H,9-14H2,1-2H3;4-9H2,1-3H3;1-9H2;9-10H,2-8H2,1H3;8-9H,2-7H2,1H3;1-6H2;;;;;;;/q;-2;;-3;;;-3;;;;;;;. The van der Waals surface area contributed by atoms with Gasteiger partial charge in [0, 0.05) is 314 Å². The van der Waals surface area contributed by atoms with Crippen molar-refractivity contribution in [3.8, 4) is 0 Å². The zero-order chi connectivity index (χ0) is 73.1. The monoisotopic (exact) mass is 1890 g/mol. The van der Waals surface area contributed by atoms with Crippen molar-refractivity contribution < 1.29 is 128 Å². The van der Waals surface area contributed by atoms with Gasteiger partial charge in [0.15, 0.2) is 0 Å². The summed E-state index contributed by atoms with van der Waals surface area (Å²) in [4.78, 5) is 16.9. The molecule has 7 radical (unpaired) electrons. The first-order chi connectivity index (χ1) is 50.4. The van der Waals surface area contributed by atoms with E-state index in [1.54, 1.807) is 6.07 Å². The Bertz CT molecular complexity index is 2880. The molecule has 0 unspecified atom stereocenters. The maximum atomic E-state index is 13.3. The van der Waals surface area contributed by atoms with Crippen LogP contribution in [0.5, 0.6) is 0 Å². The van der Waals surface area contributed by atoms with Crippen LogP contribution in [-0.4, -0.2) is 366 Å². The van der Waals surface area contributed by atoms with E-state index < -0.39 is 10.0 Å². The molecule has 24 nitrogen and oxygen atoms in total. The predicted octanol–water partition coefficient (Wildman–Crippen LogP) is 7.45. The first-order valence-electron chi connectivity index (χ1n) is 39.0. The Morgan fingerprint density at radius 1 is 0.336 bits per heavy atom. The molecule has 0 saturated carbocycles. The molecular weight excluding hydrogens is 1750 g/mol. The fourth-order valence-electron chi connectivity index (χ4n) is 12.5. The molecule has 0 bridgehead atoms. The van der Waals surface area contributed by atoms with Crippen LogP contribution in [0.4, 0.5) is 5.69 Å². The molecule has 6 N–H and O–H groups in total. The van der Waals surface area contributed by atoms with Crippen LogP contribution in [-0.2, 0) is 136 Å². The number of hydrogen-bond acceptors (Lipinski definition) is 15. The summed E-state index contributed by atoms with van der Waals surface area (Å²) >= 11 is 0. The maximum absolute atomic E-state index is 13.3. The summed E-state index contributed by atoms with van der Waals surface area (Å²) < 4.78 is 28.1. The molecule has 32 heteroatoms. The van der Waals surface area contributed by atoms with Crippen LogP contribution < -0.4 is 36.8 Å². The Hall–Kier alpha value is -0.574. The number of hydrogen-bond donors (Lipinski definition) is 6. The fourth-order valence-corrected chi connectivity index (χ4v) is 14.1. The number of sulfonamides is 1. The molecule has 0 amide bonds. The number of nitrogens with one attached hydrogen (secondary N) is 6. The number of rotatable bonds is 6. The number of benzene rings is 5. The van der Waals surface area contributed by atoms with Gasteiger partial charge in [-0.25, -0.2) is 12.7 Å². The second-order valence-electron chi connectivity index (χ2n) is 27.6. The SMILES string of the molecule is C1C[N-]CCC[N-]CCC[N-]C1.C1C[N-]CC[N-]CC[N-]1.CCN1CCNCCNCC1.CN(C)c1cccc2c(S(=O)(=O)N3CC[N-]CC[N-]CC3)cccc12.CN1CCN(C)CCN(C)CC1.CN1CCNCCNCC1.[Cu].[Cu].[Cu].[Cu].[Cu].[Cu].[Cu].c1ccc2c(CN3CCNCCNCC3)c3ccccc3cc2c1.